The van der Waals surface area contributed by atoms with Gasteiger partial charge in [-0.1, -0.05) is 6.92 Å². The minimum Gasteiger partial charge on any atom is -0.478 e. The van der Waals surface area contributed by atoms with Gasteiger partial charge in [0.2, 0.25) is 11.8 Å². The third-order valence-electron chi connectivity index (χ3n) is 3.20. The number of rotatable bonds is 4. The van der Waals surface area contributed by atoms with Crippen molar-refractivity contribution in [2.45, 2.75) is 13.3 Å². The van der Waals surface area contributed by atoms with E-state index >= 15 is 0 Å². The van der Waals surface area contributed by atoms with Gasteiger partial charge in [-0.05, 0) is 23.8 Å². The number of carbonyl (C=O) groups excluding carboxylic acids is 2. The van der Waals surface area contributed by atoms with Crippen molar-refractivity contribution in [3.05, 3.63) is 29.3 Å². The average Bonchev–Trinajstić information content (AvgIpc) is 2.64. The van der Waals surface area contributed by atoms with Crippen LogP contribution in [0.3, 0.4) is 0 Å². The van der Waals surface area contributed by atoms with E-state index in [9.17, 15) is 14.4 Å². The van der Waals surface area contributed by atoms with E-state index in [1.807, 2.05) is 0 Å². The van der Waals surface area contributed by atoms with Crippen LogP contribution in [0.4, 0.5) is 5.69 Å². The van der Waals surface area contributed by atoms with Crippen molar-refractivity contribution in [2.24, 2.45) is 11.7 Å². The van der Waals surface area contributed by atoms with Gasteiger partial charge in [0.25, 0.3) is 0 Å². The fraction of sp³-hybridized carbons (Fsp3) is 0.308. The second kappa shape index (κ2) is 4.72. The summed E-state index contributed by atoms with van der Waals surface area (Å²) >= 11 is 0. The van der Waals surface area contributed by atoms with E-state index < -0.39 is 17.8 Å². The number of aromatic carboxylic acids is 1. The van der Waals surface area contributed by atoms with Crippen molar-refractivity contribution < 1.29 is 19.5 Å². The van der Waals surface area contributed by atoms with Gasteiger partial charge in [0.1, 0.15) is 0 Å². The molecule has 19 heavy (non-hydrogen) atoms. The van der Waals surface area contributed by atoms with Crippen LogP contribution in [0.1, 0.15) is 22.8 Å². The highest BCUT2D eigenvalue weighted by atomic mass is 16.4. The summed E-state index contributed by atoms with van der Waals surface area (Å²) in [6.45, 7) is 1.87. The Morgan fingerprint density at radius 3 is 2.74 bits per heavy atom. The summed E-state index contributed by atoms with van der Waals surface area (Å²) in [4.78, 5) is 35.3. The number of benzene rings is 1. The molecule has 0 aromatic heterocycles. The molecule has 0 saturated heterocycles. The predicted octanol–water partition coefficient (Wildman–Crippen LogP) is 0.395. The number of hydrogen-bond donors (Lipinski definition) is 2. The number of carbonyl (C=O) groups is 3. The fourth-order valence-electron chi connectivity index (χ4n) is 2.08. The Morgan fingerprint density at radius 2 is 2.16 bits per heavy atom. The highest BCUT2D eigenvalue weighted by Gasteiger charge is 2.29. The van der Waals surface area contributed by atoms with Crippen molar-refractivity contribution in [3.8, 4) is 0 Å². The van der Waals surface area contributed by atoms with Crippen LogP contribution in [0.15, 0.2) is 18.2 Å². The van der Waals surface area contributed by atoms with E-state index in [1.54, 1.807) is 13.0 Å². The minimum atomic E-state index is -1.03. The molecule has 1 aromatic carbocycles. The number of carboxylic acid groups (broad SMARTS) is 1. The Bertz CT molecular complexity index is 568. The first-order valence-electron chi connectivity index (χ1n) is 5.86. The summed E-state index contributed by atoms with van der Waals surface area (Å²) in [5.41, 5.74) is 6.66. The first-order chi connectivity index (χ1) is 8.90. The molecule has 0 bridgehead atoms. The zero-order valence-corrected chi connectivity index (χ0v) is 10.4. The lowest BCUT2D eigenvalue weighted by Crippen LogP contribution is -2.36. The SMILES string of the molecule is CC(CN1C(=O)Cc2cc(C(=O)O)ccc21)C(N)=O. The summed E-state index contributed by atoms with van der Waals surface area (Å²) in [6, 6.07) is 4.53. The average molecular weight is 262 g/mol. The third kappa shape index (κ3) is 2.42. The van der Waals surface area contributed by atoms with E-state index in [-0.39, 0.29) is 24.4 Å². The number of fused-ring (bicyclic) bond motifs is 1. The summed E-state index contributed by atoms with van der Waals surface area (Å²) in [7, 11) is 0. The highest BCUT2D eigenvalue weighted by molar-refractivity contribution is 6.03. The number of carboxylic acids is 1. The molecule has 1 aromatic rings. The number of nitrogens with two attached hydrogens (primary N) is 1. The first kappa shape index (κ1) is 13.1. The first-order valence-corrected chi connectivity index (χ1v) is 5.86. The number of primary amides is 1. The maximum absolute atomic E-state index is 11.9. The van der Waals surface area contributed by atoms with Crippen molar-refractivity contribution in [1.82, 2.24) is 0 Å². The molecule has 0 radical (unpaired) electrons. The van der Waals surface area contributed by atoms with Gasteiger partial charge in [0.05, 0.1) is 17.9 Å². The molecule has 1 aliphatic rings. The van der Waals surface area contributed by atoms with Gasteiger partial charge in [0.15, 0.2) is 0 Å². The van der Waals surface area contributed by atoms with Gasteiger partial charge >= 0.3 is 5.97 Å². The standard InChI is InChI=1S/C13H14N2O4/c1-7(12(14)17)6-15-10-3-2-8(13(18)19)4-9(10)5-11(15)16/h2-4,7H,5-6H2,1H3,(H2,14,17)(H,18,19). The molecule has 1 atom stereocenters. The fourth-order valence-corrected chi connectivity index (χ4v) is 2.08. The van der Waals surface area contributed by atoms with E-state index in [1.165, 1.54) is 17.0 Å². The van der Waals surface area contributed by atoms with Gasteiger partial charge < -0.3 is 15.7 Å². The molecule has 1 aliphatic heterocycles. The molecule has 2 amide bonds. The van der Waals surface area contributed by atoms with Crippen LogP contribution in [-0.2, 0) is 16.0 Å². The van der Waals surface area contributed by atoms with Crippen molar-refractivity contribution in [1.29, 1.82) is 0 Å². The van der Waals surface area contributed by atoms with Crippen LogP contribution in [0, 0.1) is 5.92 Å². The van der Waals surface area contributed by atoms with Crippen LogP contribution < -0.4 is 10.6 Å². The van der Waals surface area contributed by atoms with E-state index in [4.69, 9.17) is 10.8 Å². The number of anilines is 1. The lowest BCUT2D eigenvalue weighted by Gasteiger charge is -2.20. The Hall–Kier alpha value is -2.37. The number of amides is 2. The lowest BCUT2D eigenvalue weighted by molar-refractivity contribution is -0.121. The minimum absolute atomic E-state index is 0.148. The second-order valence-corrected chi connectivity index (χ2v) is 4.63. The zero-order chi connectivity index (χ0) is 14.2. The monoisotopic (exact) mass is 262 g/mol. The molecule has 3 N–H and O–H groups in total. The zero-order valence-electron chi connectivity index (χ0n) is 10.4. The third-order valence-corrected chi connectivity index (χ3v) is 3.20. The normalized spacial score (nSPS) is 15.2. The smallest absolute Gasteiger partial charge is 0.335 e. The Balaban J connectivity index is 2.29. The van der Waals surface area contributed by atoms with Crippen molar-refractivity contribution >= 4 is 23.5 Å². The molecule has 6 heteroatoms. The molecular weight excluding hydrogens is 248 g/mol. The molecule has 0 aliphatic carbocycles. The van der Waals surface area contributed by atoms with Crippen molar-refractivity contribution in [2.75, 3.05) is 11.4 Å². The van der Waals surface area contributed by atoms with Gasteiger partial charge in [-0.25, -0.2) is 4.79 Å². The molecule has 2 rings (SSSR count). The van der Waals surface area contributed by atoms with Crippen LogP contribution >= 0.6 is 0 Å². The summed E-state index contributed by atoms with van der Waals surface area (Å²) in [5, 5.41) is 8.91. The van der Waals surface area contributed by atoms with E-state index in [0.29, 0.717) is 11.3 Å². The number of hydrogen-bond acceptors (Lipinski definition) is 3. The Labute approximate surface area is 109 Å². The van der Waals surface area contributed by atoms with E-state index in [0.717, 1.165) is 0 Å². The van der Waals surface area contributed by atoms with Crippen molar-refractivity contribution in [3.63, 3.8) is 0 Å². The molecule has 0 saturated carbocycles. The molecule has 1 unspecified atom stereocenters. The Kier molecular flexibility index (Phi) is 3.25. The van der Waals surface area contributed by atoms with Crippen LogP contribution in [-0.4, -0.2) is 29.4 Å². The summed E-state index contributed by atoms with van der Waals surface area (Å²) in [5.74, 6) is -2.10. The maximum Gasteiger partial charge on any atom is 0.335 e. The number of nitrogens with zero attached hydrogens (tertiary/aromatic N) is 1. The molecule has 6 nitrogen and oxygen atoms in total. The Morgan fingerprint density at radius 1 is 1.47 bits per heavy atom. The highest BCUT2D eigenvalue weighted by Crippen LogP contribution is 2.30. The van der Waals surface area contributed by atoms with Gasteiger partial charge in [-0.3, -0.25) is 9.59 Å². The maximum atomic E-state index is 11.9. The molecule has 0 spiro atoms. The summed E-state index contributed by atoms with van der Waals surface area (Å²) in [6.07, 6.45) is 0.155. The molecule has 1 heterocycles. The second-order valence-electron chi connectivity index (χ2n) is 4.63. The van der Waals surface area contributed by atoms with Crippen LogP contribution in [0.5, 0.6) is 0 Å². The van der Waals surface area contributed by atoms with E-state index in [2.05, 4.69) is 0 Å². The molecular formula is C13H14N2O4. The van der Waals surface area contributed by atoms with Gasteiger partial charge in [-0.2, -0.15) is 0 Å². The largest absolute Gasteiger partial charge is 0.478 e. The quantitative estimate of drug-likeness (QED) is 0.819. The molecule has 100 valence electrons. The van der Waals surface area contributed by atoms with Crippen LogP contribution in [0.2, 0.25) is 0 Å². The lowest BCUT2D eigenvalue weighted by atomic mass is 10.1. The molecule has 0 fully saturated rings. The van der Waals surface area contributed by atoms with Gasteiger partial charge in [0, 0.05) is 12.2 Å². The van der Waals surface area contributed by atoms with Crippen LogP contribution in [0.25, 0.3) is 0 Å². The summed E-state index contributed by atoms with van der Waals surface area (Å²) < 4.78 is 0. The van der Waals surface area contributed by atoms with Gasteiger partial charge in [-0.15, -0.1) is 0 Å². The predicted molar refractivity (Wildman–Crippen MR) is 67.8 cm³/mol. The topological polar surface area (TPSA) is 101 Å².